The van der Waals surface area contributed by atoms with Gasteiger partial charge in [-0.15, -0.1) is 0 Å². The molecule has 1 saturated carbocycles. The molecule has 0 bridgehead atoms. The second kappa shape index (κ2) is 4.22. The first-order valence-corrected chi connectivity index (χ1v) is 4.93. The van der Waals surface area contributed by atoms with E-state index in [1.807, 2.05) is 0 Å². The van der Waals surface area contributed by atoms with Crippen LogP contribution in [0.1, 0.15) is 29.6 Å². The lowest BCUT2D eigenvalue weighted by Crippen LogP contribution is -2.20. The van der Waals surface area contributed by atoms with Gasteiger partial charge in [0.05, 0.1) is 12.2 Å². The third kappa shape index (κ3) is 2.10. The van der Waals surface area contributed by atoms with Crippen LogP contribution in [0, 0.1) is 5.92 Å². The fourth-order valence-corrected chi connectivity index (χ4v) is 1.42. The van der Waals surface area contributed by atoms with Crippen molar-refractivity contribution in [2.75, 3.05) is 6.61 Å². The number of rotatable bonds is 3. The second-order valence-corrected chi connectivity index (χ2v) is 3.63. The molecular weight excluding hydrogens is 178 g/mol. The van der Waals surface area contributed by atoms with Crippen LogP contribution >= 0.6 is 0 Å². The van der Waals surface area contributed by atoms with Gasteiger partial charge in [0.25, 0.3) is 0 Å². The summed E-state index contributed by atoms with van der Waals surface area (Å²) in [6.07, 6.45) is 6.87. The number of carbonyl (C=O) groups is 1. The summed E-state index contributed by atoms with van der Waals surface area (Å²) < 4.78 is 5.17. The number of hydrogen-bond acceptors (Lipinski definition) is 3. The SMILES string of the molecule is O=C(OCC1CCC1)c1ccncc1. The van der Waals surface area contributed by atoms with E-state index in [0.29, 0.717) is 18.1 Å². The van der Waals surface area contributed by atoms with Gasteiger partial charge in [0, 0.05) is 12.4 Å². The maximum Gasteiger partial charge on any atom is 0.338 e. The van der Waals surface area contributed by atoms with Gasteiger partial charge in [0.15, 0.2) is 0 Å². The Morgan fingerprint density at radius 2 is 2.14 bits per heavy atom. The lowest BCUT2D eigenvalue weighted by Gasteiger charge is -2.24. The highest BCUT2D eigenvalue weighted by Crippen LogP contribution is 2.26. The van der Waals surface area contributed by atoms with Crippen molar-refractivity contribution < 1.29 is 9.53 Å². The average molecular weight is 191 g/mol. The van der Waals surface area contributed by atoms with E-state index in [1.165, 1.54) is 19.3 Å². The molecule has 0 aliphatic heterocycles. The molecule has 0 spiro atoms. The predicted molar refractivity (Wildman–Crippen MR) is 51.9 cm³/mol. The van der Waals surface area contributed by atoms with Crippen LogP contribution in [0.5, 0.6) is 0 Å². The zero-order chi connectivity index (χ0) is 9.80. The minimum atomic E-state index is -0.237. The van der Waals surface area contributed by atoms with Crippen LogP contribution in [0.25, 0.3) is 0 Å². The van der Waals surface area contributed by atoms with E-state index in [2.05, 4.69) is 4.98 Å². The van der Waals surface area contributed by atoms with Gasteiger partial charge >= 0.3 is 5.97 Å². The second-order valence-electron chi connectivity index (χ2n) is 3.63. The van der Waals surface area contributed by atoms with Crippen molar-refractivity contribution in [3.63, 3.8) is 0 Å². The monoisotopic (exact) mass is 191 g/mol. The lowest BCUT2D eigenvalue weighted by molar-refractivity contribution is 0.0371. The molecule has 0 radical (unpaired) electrons. The molecule has 1 aliphatic rings. The highest BCUT2D eigenvalue weighted by atomic mass is 16.5. The fourth-order valence-electron chi connectivity index (χ4n) is 1.42. The summed E-state index contributed by atoms with van der Waals surface area (Å²) in [7, 11) is 0. The van der Waals surface area contributed by atoms with E-state index in [4.69, 9.17) is 4.74 Å². The first-order valence-electron chi connectivity index (χ1n) is 4.93. The Morgan fingerprint density at radius 3 is 2.71 bits per heavy atom. The highest BCUT2D eigenvalue weighted by molar-refractivity contribution is 5.89. The summed E-state index contributed by atoms with van der Waals surface area (Å²) in [5.74, 6) is 0.361. The molecule has 0 amide bonds. The van der Waals surface area contributed by atoms with Crippen molar-refractivity contribution in [2.24, 2.45) is 5.92 Å². The standard InChI is InChI=1S/C11H13NO2/c13-11(10-4-6-12-7-5-10)14-8-9-2-1-3-9/h4-7,9H,1-3,8H2. The van der Waals surface area contributed by atoms with Crippen molar-refractivity contribution in [1.29, 1.82) is 0 Å². The molecule has 74 valence electrons. The third-order valence-electron chi connectivity index (χ3n) is 2.59. The summed E-state index contributed by atoms with van der Waals surface area (Å²) in [4.78, 5) is 15.3. The molecule has 1 fully saturated rings. The minimum Gasteiger partial charge on any atom is -0.462 e. The highest BCUT2D eigenvalue weighted by Gasteiger charge is 2.19. The zero-order valence-electron chi connectivity index (χ0n) is 7.98. The van der Waals surface area contributed by atoms with Gasteiger partial charge in [-0.1, -0.05) is 6.42 Å². The fraction of sp³-hybridized carbons (Fsp3) is 0.455. The minimum absolute atomic E-state index is 0.237. The van der Waals surface area contributed by atoms with Gasteiger partial charge < -0.3 is 4.74 Å². The summed E-state index contributed by atoms with van der Waals surface area (Å²) in [5.41, 5.74) is 0.583. The first-order chi connectivity index (χ1) is 6.86. The number of pyridine rings is 1. The van der Waals surface area contributed by atoms with Gasteiger partial charge in [-0.2, -0.15) is 0 Å². The molecular formula is C11H13NO2. The molecule has 1 aromatic rings. The Kier molecular flexibility index (Phi) is 2.77. The van der Waals surface area contributed by atoms with E-state index < -0.39 is 0 Å². The van der Waals surface area contributed by atoms with Gasteiger partial charge in [0.2, 0.25) is 0 Å². The van der Waals surface area contributed by atoms with E-state index in [1.54, 1.807) is 24.5 Å². The van der Waals surface area contributed by atoms with Crippen LogP contribution in [0.4, 0.5) is 0 Å². The predicted octanol–water partition coefficient (Wildman–Crippen LogP) is 2.04. The Bertz CT molecular complexity index is 306. The number of hydrogen-bond donors (Lipinski definition) is 0. The Morgan fingerprint density at radius 1 is 1.43 bits per heavy atom. The smallest absolute Gasteiger partial charge is 0.338 e. The Labute approximate surface area is 83.1 Å². The normalized spacial score (nSPS) is 16.0. The van der Waals surface area contributed by atoms with Crippen molar-refractivity contribution in [2.45, 2.75) is 19.3 Å². The van der Waals surface area contributed by atoms with Gasteiger partial charge in [-0.25, -0.2) is 4.79 Å². The van der Waals surface area contributed by atoms with Crippen LogP contribution in [-0.4, -0.2) is 17.6 Å². The third-order valence-corrected chi connectivity index (χ3v) is 2.59. The molecule has 1 aliphatic carbocycles. The number of carbonyl (C=O) groups excluding carboxylic acids is 1. The first kappa shape index (κ1) is 9.19. The number of nitrogens with zero attached hydrogens (tertiary/aromatic N) is 1. The van der Waals surface area contributed by atoms with E-state index in [-0.39, 0.29) is 5.97 Å². The molecule has 0 atom stereocenters. The Hall–Kier alpha value is -1.38. The van der Waals surface area contributed by atoms with Gasteiger partial charge in [-0.3, -0.25) is 4.98 Å². The molecule has 3 nitrogen and oxygen atoms in total. The maximum absolute atomic E-state index is 11.4. The molecule has 3 heteroatoms. The molecule has 1 aromatic heterocycles. The molecule has 14 heavy (non-hydrogen) atoms. The van der Waals surface area contributed by atoms with Gasteiger partial charge in [-0.05, 0) is 30.9 Å². The summed E-state index contributed by atoms with van der Waals surface area (Å²) in [6, 6.07) is 3.34. The summed E-state index contributed by atoms with van der Waals surface area (Å²) in [5, 5.41) is 0. The molecule has 2 rings (SSSR count). The molecule has 0 unspecified atom stereocenters. The zero-order valence-corrected chi connectivity index (χ0v) is 7.98. The van der Waals surface area contributed by atoms with Crippen LogP contribution in [0.2, 0.25) is 0 Å². The van der Waals surface area contributed by atoms with Crippen LogP contribution in [0.3, 0.4) is 0 Å². The van der Waals surface area contributed by atoms with Crippen LogP contribution < -0.4 is 0 Å². The summed E-state index contributed by atoms with van der Waals surface area (Å²) >= 11 is 0. The van der Waals surface area contributed by atoms with E-state index in [0.717, 1.165) is 0 Å². The number of aromatic nitrogens is 1. The average Bonchev–Trinajstić information content (AvgIpc) is 2.16. The van der Waals surface area contributed by atoms with Crippen molar-refractivity contribution >= 4 is 5.97 Å². The molecule has 0 saturated heterocycles. The number of ether oxygens (including phenoxy) is 1. The lowest BCUT2D eigenvalue weighted by atomic mass is 9.86. The quantitative estimate of drug-likeness (QED) is 0.686. The number of esters is 1. The van der Waals surface area contributed by atoms with Crippen molar-refractivity contribution in [3.05, 3.63) is 30.1 Å². The molecule has 0 N–H and O–H groups in total. The molecule has 1 heterocycles. The molecule has 0 aromatic carbocycles. The van der Waals surface area contributed by atoms with E-state index in [9.17, 15) is 4.79 Å². The van der Waals surface area contributed by atoms with Crippen molar-refractivity contribution in [1.82, 2.24) is 4.98 Å². The largest absolute Gasteiger partial charge is 0.462 e. The van der Waals surface area contributed by atoms with Crippen molar-refractivity contribution in [3.8, 4) is 0 Å². The summed E-state index contributed by atoms with van der Waals surface area (Å²) in [6.45, 7) is 0.571. The van der Waals surface area contributed by atoms with Gasteiger partial charge in [0.1, 0.15) is 0 Å². The topological polar surface area (TPSA) is 39.2 Å². The van der Waals surface area contributed by atoms with Crippen LogP contribution in [-0.2, 0) is 4.74 Å². The van der Waals surface area contributed by atoms with Crippen LogP contribution in [0.15, 0.2) is 24.5 Å². The maximum atomic E-state index is 11.4. The Balaban J connectivity index is 1.83. The van der Waals surface area contributed by atoms with E-state index >= 15 is 0 Å².